The number of rotatable bonds is 0. The molecule has 0 bridgehead atoms. The van der Waals surface area contributed by atoms with Crippen LogP contribution in [0.15, 0.2) is 24.3 Å². The second kappa shape index (κ2) is 3.95. The van der Waals surface area contributed by atoms with Crippen LogP contribution >= 0.6 is 0 Å². The van der Waals surface area contributed by atoms with Crippen molar-refractivity contribution in [3.05, 3.63) is 29.8 Å². The van der Waals surface area contributed by atoms with Crippen LogP contribution in [-0.2, 0) is 0 Å². The number of benzene rings is 1. The minimum Gasteiger partial charge on any atom is -0.493 e. The van der Waals surface area contributed by atoms with Crippen molar-refractivity contribution >= 4 is 6.09 Å². The summed E-state index contributed by atoms with van der Waals surface area (Å²) in [6.45, 7) is 1.92. The van der Waals surface area contributed by atoms with E-state index >= 15 is 0 Å². The number of para-hydroxylation sites is 1. The summed E-state index contributed by atoms with van der Waals surface area (Å²) in [5, 5.41) is 9.07. The van der Waals surface area contributed by atoms with Gasteiger partial charge in [-0.1, -0.05) is 18.2 Å². The first-order valence-electron chi connectivity index (χ1n) is 5.95. The van der Waals surface area contributed by atoms with Crippen molar-refractivity contribution in [1.82, 2.24) is 4.90 Å². The Kier molecular flexibility index (Phi) is 2.42. The highest BCUT2D eigenvalue weighted by Gasteiger charge is 2.38. The van der Waals surface area contributed by atoms with Crippen LogP contribution in [0, 0.1) is 5.92 Å². The molecule has 17 heavy (non-hydrogen) atoms. The molecule has 0 saturated carbocycles. The number of nitrogens with zero attached hydrogens (tertiary/aromatic N) is 1. The Morgan fingerprint density at radius 1 is 1.35 bits per heavy atom. The summed E-state index contributed by atoms with van der Waals surface area (Å²) in [7, 11) is 0. The molecule has 1 aromatic rings. The number of likely N-dealkylation sites (tertiary alicyclic amines) is 1. The van der Waals surface area contributed by atoms with Crippen molar-refractivity contribution in [3.8, 4) is 5.75 Å². The maximum absolute atomic E-state index is 11.0. The van der Waals surface area contributed by atoms with Crippen LogP contribution < -0.4 is 4.74 Å². The first-order valence-corrected chi connectivity index (χ1v) is 5.95. The van der Waals surface area contributed by atoms with E-state index in [9.17, 15) is 4.79 Å². The topological polar surface area (TPSA) is 49.8 Å². The molecule has 1 N–H and O–H groups in total. The zero-order valence-corrected chi connectivity index (χ0v) is 9.50. The van der Waals surface area contributed by atoms with Crippen molar-refractivity contribution in [3.63, 3.8) is 0 Å². The summed E-state index contributed by atoms with van der Waals surface area (Å²) < 4.78 is 5.71. The van der Waals surface area contributed by atoms with E-state index in [4.69, 9.17) is 9.84 Å². The molecule has 2 atom stereocenters. The van der Waals surface area contributed by atoms with Gasteiger partial charge in [0.1, 0.15) is 5.75 Å². The quantitative estimate of drug-likeness (QED) is 0.747. The number of carboxylic acid groups (broad SMARTS) is 1. The van der Waals surface area contributed by atoms with Gasteiger partial charge in [-0.3, -0.25) is 0 Å². The summed E-state index contributed by atoms with van der Waals surface area (Å²) in [6.07, 6.45) is 0.125. The Morgan fingerprint density at radius 3 is 3.00 bits per heavy atom. The molecular formula is C13H15NO3. The molecule has 0 spiro atoms. The van der Waals surface area contributed by atoms with Gasteiger partial charge in [0.2, 0.25) is 0 Å². The number of amides is 1. The highest BCUT2D eigenvalue weighted by atomic mass is 16.5. The van der Waals surface area contributed by atoms with Gasteiger partial charge in [0.05, 0.1) is 6.61 Å². The van der Waals surface area contributed by atoms with E-state index in [1.54, 1.807) is 0 Å². The van der Waals surface area contributed by atoms with Crippen molar-refractivity contribution in [2.24, 2.45) is 5.92 Å². The lowest BCUT2D eigenvalue weighted by Gasteiger charge is -2.15. The highest BCUT2D eigenvalue weighted by Crippen LogP contribution is 2.41. The number of hydrogen-bond donors (Lipinski definition) is 1. The fourth-order valence-corrected chi connectivity index (χ4v) is 2.91. The van der Waals surface area contributed by atoms with Gasteiger partial charge in [0, 0.05) is 19.0 Å². The monoisotopic (exact) mass is 233 g/mol. The van der Waals surface area contributed by atoms with Crippen molar-refractivity contribution < 1.29 is 14.6 Å². The first-order chi connectivity index (χ1) is 8.25. The van der Waals surface area contributed by atoms with Crippen LogP contribution in [-0.4, -0.2) is 35.8 Å². The minimum atomic E-state index is -0.809. The van der Waals surface area contributed by atoms with Crippen LogP contribution in [0.2, 0.25) is 0 Å². The maximum Gasteiger partial charge on any atom is 0.407 e. The predicted octanol–water partition coefficient (Wildman–Crippen LogP) is 2.16. The molecule has 1 amide bonds. The van der Waals surface area contributed by atoms with E-state index in [1.165, 1.54) is 10.5 Å². The van der Waals surface area contributed by atoms with Gasteiger partial charge in [-0.2, -0.15) is 0 Å². The van der Waals surface area contributed by atoms with Gasteiger partial charge < -0.3 is 14.7 Å². The highest BCUT2D eigenvalue weighted by molar-refractivity contribution is 5.65. The van der Waals surface area contributed by atoms with Gasteiger partial charge in [-0.25, -0.2) is 4.79 Å². The second-order valence-corrected chi connectivity index (χ2v) is 4.73. The van der Waals surface area contributed by atoms with Crippen LogP contribution in [0.1, 0.15) is 17.9 Å². The summed E-state index contributed by atoms with van der Waals surface area (Å²) >= 11 is 0. The molecule has 4 heteroatoms. The zero-order valence-electron chi connectivity index (χ0n) is 9.50. The SMILES string of the molecule is O=C(O)N1C[C@H]2CCOc3ccccc3[C@@H]2C1. The second-order valence-electron chi connectivity index (χ2n) is 4.73. The van der Waals surface area contributed by atoms with Crippen LogP contribution in [0.4, 0.5) is 4.79 Å². The third kappa shape index (κ3) is 1.73. The zero-order chi connectivity index (χ0) is 11.8. The third-order valence-electron chi connectivity index (χ3n) is 3.78. The predicted molar refractivity (Wildman–Crippen MR) is 62.4 cm³/mol. The van der Waals surface area contributed by atoms with E-state index in [-0.39, 0.29) is 0 Å². The molecule has 2 aliphatic heterocycles. The van der Waals surface area contributed by atoms with Crippen LogP contribution in [0.3, 0.4) is 0 Å². The van der Waals surface area contributed by atoms with Gasteiger partial charge in [0.15, 0.2) is 0 Å². The van der Waals surface area contributed by atoms with Gasteiger partial charge in [-0.05, 0) is 24.0 Å². The van der Waals surface area contributed by atoms with Crippen molar-refractivity contribution in [1.29, 1.82) is 0 Å². The number of carbonyl (C=O) groups is 1. The molecule has 0 unspecified atom stereocenters. The normalized spacial score (nSPS) is 26.7. The Hall–Kier alpha value is -1.71. The molecule has 0 aliphatic carbocycles. The molecule has 2 aliphatic rings. The summed E-state index contributed by atoms with van der Waals surface area (Å²) in [5.41, 5.74) is 1.17. The summed E-state index contributed by atoms with van der Waals surface area (Å²) in [5.74, 6) is 1.62. The van der Waals surface area contributed by atoms with Crippen LogP contribution in [0.5, 0.6) is 5.75 Å². The van der Waals surface area contributed by atoms with Crippen molar-refractivity contribution in [2.75, 3.05) is 19.7 Å². The molecule has 2 heterocycles. The van der Waals surface area contributed by atoms with Gasteiger partial charge >= 0.3 is 6.09 Å². The molecule has 1 fully saturated rings. The fourth-order valence-electron chi connectivity index (χ4n) is 2.91. The molecule has 3 rings (SSSR count). The van der Waals surface area contributed by atoms with E-state index in [0.717, 1.165) is 12.2 Å². The smallest absolute Gasteiger partial charge is 0.407 e. The lowest BCUT2D eigenvalue weighted by atomic mass is 9.87. The third-order valence-corrected chi connectivity index (χ3v) is 3.78. The molecular weight excluding hydrogens is 218 g/mol. The Morgan fingerprint density at radius 2 is 2.18 bits per heavy atom. The van der Waals surface area contributed by atoms with E-state index < -0.39 is 6.09 Å². The lowest BCUT2D eigenvalue weighted by Crippen LogP contribution is -2.27. The number of fused-ring (bicyclic) bond motifs is 3. The average molecular weight is 233 g/mol. The lowest BCUT2D eigenvalue weighted by molar-refractivity contribution is 0.152. The summed E-state index contributed by atoms with van der Waals surface area (Å²) in [4.78, 5) is 12.6. The van der Waals surface area contributed by atoms with Gasteiger partial charge in [-0.15, -0.1) is 0 Å². The molecule has 1 saturated heterocycles. The molecule has 0 radical (unpaired) electrons. The standard InChI is InChI=1S/C13H15NO3/c15-13(16)14-7-9-5-6-17-12-4-2-1-3-10(12)11(9)8-14/h1-4,9,11H,5-8H2,(H,15,16)/t9-,11-/m1/s1. The van der Waals surface area contributed by atoms with E-state index in [0.29, 0.717) is 31.5 Å². The Bertz CT molecular complexity index is 446. The largest absolute Gasteiger partial charge is 0.493 e. The van der Waals surface area contributed by atoms with Gasteiger partial charge in [0.25, 0.3) is 0 Å². The van der Waals surface area contributed by atoms with E-state index in [2.05, 4.69) is 6.07 Å². The average Bonchev–Trinajstić information content (AvgIpc) is 2.67. The fraction of sp³-hybridized carbons (Fsp3) is 0.462. The maximum atomic E-state index is 11.0. The summed E-state index contributed by atoms with van der Waals surface area (Å²) in [6, 6.07) is 7.99. The number of hydrogen-bond acceptors (Lipinski definition) is 2. The van der Waals surface area contributed by atoms with Crippen LogP contribution in [0.25, 0.3) is 0 Å². The minimum absolute atomic E-state index is 0.296. The first kappa shape index (κ1) is 10.4. The molecule has 90 valence electrons. The molecule has 4 nitrogen and oxygen atoms in total. The molecule has 1 aromatic carbocycles. The van der Waals surface area contributed by atoms with E-state index in [1.807, 2.05) is 18.2 Å². The molecule has 0 aromatic heterocycles. The number of ether oxygens (including phenoxy) is 1. The Labute approximate surface area is 99.8 Å². The van der Waals surface area contributed by atoms with Crippen molar-refractivity contribution in [2.45, 2.75) is 12.3 Å². The Balaban J connectivity index is 1.95.